The van der Waals surface area contributed by atoms with E-state index in [0.29, 0.717) is 12.0 Å². The highest BCUT2D eigenvalue weighted by Gasteiger charge is 2.66. The molecule has 4 heteroatoms. The van der Waals surface area contributed by atoms with Crippen LogP contribution >= 0.6 is 31.9 Å². The maximum absolute atomic E-state index is 12.2. The molecule has 2 nitrogen and oxygen atoms in total. The van der Waals surface area contributed by atoms with E-state index in [9.17, 15) is 4.79 Å². The van der Waals surface area contributed by atoms with Crippen LogP contribution in [0.4, 0.5) is 0 Å². The molecule has 0 bridgehead atoms. The van der Waals surface area contributed by atoms with Gasteiger partial charge >= 0.3 is 0 Å². The van der Waals surface area contributed by atoms with Crippen LogP contribution in [0.1, 0.15) is 46.0 Å². The van der Waals surface area contributed by atoms with Crippen LogP contribution in [0.15, 0.2) is 0 Å². The van der Waals surface area contributed by atoms with E-state index in [1.54, 1.807) is 0 Å². The van der Waals surface area contributed by atoms with Crippen molar-refractivity contribution >= 4 is 37.8 Å². The first-order valence-corrected chi connectivity index (χ1v) is 7.64. The molecule has 0 aliphatic heterocycles. The Morgan fingerprint density at radius 2 is 1.88 bits per heavy atom. The minimum atomic E-state index is -0.274. The third-order valence-corrected chi connectivity index (χ3v) is 6.50. The highest BCUT2D eigenvalue weighted by atomic mass is 79.9. The third-order valence-electron chi connectivity index (χ3n) is 4.19. The van der Waals surface area contributed by atoms with E-state index in [0.717, 1.165) is 12.8 Å². The zero-order chi connectivity index (χ0) is 12.0. The predicted octanol–water partition coefficient (Wildman–Crippen LogP) is 3.58. The quantitative estimate of drug-likeness (QED) is 0.756. The minimum Gasteiger partial charge on any atom is -0.353 e. The Kier molecular flexibility index (Phi) is 3.44. The molecule has 2 aliphatic carbocycles. The Balaban J connectivity index is 1.93. The molecule has 2 fully saturated rings. The van der Waals surface area contributed by atoms with Gasteiger partial charge in [0.05, 0.1) is 8.65 Å². The molecule has 0 unspecified atom stereocenters. The molecule has 0 spiro atoms. The standard InChI is InChI=1S/C12H19Br2NO/c1-8-5-3-4-6-9(8)15-10(16)11(2)7-12(11,13)14/h8-9H,3-7H2,1-2H3,(H,15,16)/t8-,9-,11-/m0/s1. The molecule has 0 saturated heterocycles. The Labute approximate surface area is 114 Å². The van der Waals surface area contributed by atoms with Gasteiger partial charge in [-0.25, -0.2) is 0 Å². The van der Waals surface area contributed by atoms with Crippen molar-refractivity contribution in [1.82, 2.24) is 5.32 Å². The number of halogens is 2. The second kappa shape index (κ2) is 4.27. The van der Waals surface area contributed by atoms with Crippen molar-refractivity contribution in [2.24, 2.45) is 11.3 Å². The summed E-state index contributed by atoms with van der Waals surface area (Å²) in [6.45, 7) is 4.26. The first-order valence-electron chi connectivity index (χ1n) is 6.06. The monoisotopic (exact) mass is 351 g/mol. The maximum atomic E-state index is 12.2. The summed E-state index contributed by atoms with van der Waals surface area (Å²) >= 11 is 7.09. The summed E-state index contributed by atoms with van der Waals surface area (Å²) in [4.78, 5) is 12.2. The fourth-order valence-electron chi connectivity index (χ4n) is 2.50. The first kappa shape index (κ1) is 12.9. The summed E-state index contributed by atoms with van der Waals surface area (Å²) in [6.07, 6.45) is 5.81. The maximum Gasteiger partial charge on any atom is 0.228 e. The number of hydrogen-bond acceptors (Lipinski definition) is 1. The normalized spacial score (nSPS) is 41.5. The lowest BCUT2D eigenvalue weighted by Gasteiger charge is -2.30. The molecule has 1 N–H and O–H groups in total. The average Bonchev–Trinajstić information content (AvgIpc) is 2.71. The summed E-state index contributed by atoms with van der Waals surface area (Å²) in [6, 6.07) is 0.384. The summed E-state index contributed by atoms with van der Waals surface area (Å²) in [7, 11) is 0. The fourth-order valence-corrected chi connectivity index (χ4v) is 3.99. The van der Waals surface area contributed by atoms with E-state index in [2.05, 4.69) is 44.1 Å². The molecule has 2 aliphatic rings. The van der Waals surface area contributed by atoms with Gasteiger partial charge in [0.25, 0.3) is 0 Å². The Morgan fingerprint density at radius 1 is 1.31 bits per heavy atom. The molecule has 3 atom stereocenters. The van der Waals surface area contributed by atoms with Gasteiger partial charge in [0.2, 0.25) is 5.91 Å². The first-order chi connectivity index (χ1) is 7.37. The highest BCUT2D eigenvalue weighted by molar-refractivity contribution is 9.25. The topological polar surface area (TPSA) is 29.1 Å². The van der Waals surface area contributed by atoms with Crippen molar-refractivity contribution in [2.75, 3.05) is 0 Å². The van der Waals surface area contributed by atoms with E-state index < -0.39 is 0 Å². The molecule has 16 heavy (non-hydrogen) atoms. The minimum absolute atomic E-state index is 0.172. The molecule has 0 radical (unpaired) electrons. The smallest absolute Gasteiger partial charge is 0.228 e. The van der Waals surface area contributed by atoms with Crippen molar-refractivity contribution in [3.8, 4) is 0 Å². The third kappa shape index (κ3) is 2.20. The lowest BCUT2D eigenvalue weighted by Crippen LogP contribution is -2.44. The fraction of sp³-hybridized carbons (Fsp3) is 0.917. The van der Waals surface area contributed by atoms with Crippen molar-refractivity contribution in [1.29, 1.82) is 0 Å². The van der Waals surface area contributed by atoms with Gasteiger partial charge < -0.3 is 5.32 Å². The van der Waals surface area contributed by atoms with Crippen LogP contribution in [0.3, 0.4) is 0 Å². The van der Waals surface area contributed by atoms with E-state index in [1.165, 1.54) is 19.3 Å². The zero-order valence-corrected chi connectivity index (χ0v) is 13.0. The van der Waals surface area contributed by atoms with Crippen molar-refractivity contribution in [3.05, 3.63) is 0 Å². The Morgan fingerprint density at radius 3 is 2.38 bits per heavy atom. The number of hydrogen-bond donors (Lipinski definition) is 1. The van der Waals surface area contributed by atoms with Crippen molar-refractivity contribution < 1.29 is 4.79 Å². The van der Waals surface area contributed by atoms with Gasteiger partial charge in [-0.15, -0.1) is 0 Å². The molecule has 1 amide bonds. The van der Waals surface area contributed by atoms with E-state index in [-0.39, 0.29) is 14.6 Å². The number of alkyl halides is 2. The molecule has 0 heterocycles. The molecule has 0 aromatic rings. The molecule has 0 aromatic heterocycles. The van der Waals surface area contributed by atoms with Gasteiger partial charge in [-0.2, -0.15) is 0 Å². The van der Waals surface area contributed by atoms with Gasteiger partial charge in [-0.05, 0) is 32.1 Å². The van der Waals surface area contributed by atoms with E-state index in [1.807, 2.05) is 6.92 Å². The molecule has 0 aromatic carbocycles. The molecular weight excluding hydrogens is 334 g/mol. The number of carbonyl (C=O) groups is 1. The van der Waals surface area contributed by atoms with Gasteiger partial charge in [-0.3, -0.25) is 4.79 Å². The number of carbonyl (C=O) groups excluding carboxylic acids is 1. The van der Waals surface area contributed by atoms with Gasteiger partial charge in [0.1, 0.15) is 0 Å². The largest absolute Gasteiger partial charge is 0.353 e. The number of nitrogens with one attached hydrogen (secondary N) is 1. The second-order valence-electron chi connectivity index (χ2n) is 5.56. The Bertz CT molecular complexity index is 305. The second-order valence-corrected chi connectivity index (χ2v) is 9.33. The van der Waals surface area contributed by atoms with Crippen LogP contribution in [0.25, 0.3) is 0 Å². The van der Waals surface area contributed by atoms with Crippen LogP contribution < -0.4 is 5.32 Å². The number of amides is 1. The van der Waals surface area contributed by atoms with Crippen LogP contribution in [-0.4, -0.2) is 15.2 Å². The lowest BCUT2D eigenvalue weighted by atomic mass is 9.85. The summed E-state index contributed by atoms with van der Waals surface area (Å²) in [5, 5.41) is 3.23. The van der Waals surface area contributed by atoms with Crippen LogP contribution in [0.5, 0.6) is 0 Å². The summed E-state index contributed by atoms with van der Waals surface area (Å²) in [5.41, 5.74) is -0.274. The molecule has 2 saturated carbocycles. The average molecular weight is 353 g/mol. The van der Waals surface area contributed by atoms with Crippen LogP contribution in [-0.2, 0) is 4.79 Å². The molecule has 2 rings (SSSR count). The van der Waals surface area contributed by atoms with E-state index >= 15 is 0 Å². The van der Waals surface area contributed by atoms with Gasteiger partial charge in [-0.1, -0.05) is 51.6 Å². The highest BCUT2D eigenvalue weighted by Crippen LogP contribution is 2.66. The predicted molar refractivity (Wildman–Crippen MR) is 72.9 cm³/mol. The van der Waals surface area contributed by atoms with Crippen LogP contribution in [0.2, 0.25) is 0 Å². The molecular formula is C12H19Br2NO. The SMILES string of the molecule is C[C@H]1CCCC[C@@H]1NC(=O)[C@]1(C)CC1(Br)Br. The number of rotatable bonds is 2. The van der Waals surface area contributed by atoms with E-state index in [4.69, 9.17) is 0 Å². The Hall–Kier alpha value is 0.430. The lowest BCUT2D eigenvalue weighted by molar-refractivity contribution is -0.127. The van der Waals surface area contributed by atoms with Crippen LogP contribution in [0, 0.1) is 11.3 Å². The molecule has 92 valence electrons. The summed E-state index contributed by atoms with van der Waals surface area (Å²) in [5.74, 6) is 0.820. The van der Waals surface area contributed by atoms with Gasteiger partial charge in [0, 0.05) is 6.04 Å². The zero-order valence-electron chi connectivity index (χ0n) is 9.85. The van der Waals surface area contributed by atoms with Crippen molar-refractivity contribution in [2.45, 2.75) is 55.2 Å². The van der Waals surface area contributed by atoms with Gasteiger partial charge in [0.15, 0.2) is 0 Å². The van der Waals surface area contributed by atoms with Crippen molar-refractivity contribution in [3.63, 3.8) is 0 Å². The summed E-state index contributed by atoms with van der Waals surface area (Å²) < 4.78 is -0.172.